The first kappa shape index (κ1) is 12.2. The monoisotopic (exact) mass is 318 g/mol. The van der Waals surface area contributed by atoms with E-state index >= 15 is 0 Å². The Hall–Kier alpha value is -3.26. The number of para-hydroxylation sites is 2. The first-order chi connectivity index (χ1) is 12.4. The van der Waals surface area contributed by atoms with Gasteiger partial charge in [0.1, 0.15) is 6.67 Å². The standard InChI is InChI=1S/C23H14N2/c1-3-7-19-15(5-1)17-11-9-14-10-12-18-16-6-2-4-8-20(16)25-13-24(19)22(17)21(14)23(18)25/h1-12H,13H2. The average Bonchev–Trinajstić information content (AvgIpc) is 3.18. The summed E-state index contributed by atoms with van der Waals surface area (Å²) >= 11 is 0. The molecule has 0 unspecified atom stereocenters. The number of nitrogens with zero attached hydrogens (tertiary/aromatic N) is 2. The molecule has 0 spiro atoms. The van der Waals surface area contributed by atoms with E-state index in [1.807, 2.05) is 0 Å². The van der Waals surface area contributed by atoms with Crippen LogP contribution in [-0.2, 0) is 6.67 Å². The van der Waals surface area contributed by atoms with Crippen molar-refractivity contribution in [2.24, 2.45) is 0 Å². The van der Waals surface area contributed by atoms with Gasteiger partial charge < -0.3 is 9.13 Å². The van der Waals surface area contributed by atoms with Gasteiger partial charge in [-0.1, -0.05) is 60.7 Å². The molecule has 3 heterocycles. The number of hydrogen-bond acceptors (Lipinski definition) is 0. The van der Waals surface area contributed by atoms with Crippen LogP contribution in [0.3, 0.4) is 0 Å². The van der Waals surface area contributed by atoms with Gasteiger partial charge in [-0.2, -0.15) is 0 Å². The number of fused-ring (bicyclic) bond motifs is 6. The Morgan fingerprint density at radius 3 is 1.60 bits per heavy atom. The zero-order valence-corrected chi connectivity index (χ0v) is 13.5. The molecule has 0 saturated heterocycles. The molecule has 0 N–H and O–H groups in total. The first-order valence-corrected chi connectivity index (χ1v) is 8.75. The predicted molar refractivity (Wildman–Crippen MR) is 105 cm³/mol. The van der Waals surface area contributed by atoms with E-state index in [1.165, 1.54) is 54.4 Å². The van der Waals surface area contributed by atoms with Crippen molar-refractivity contribution in [1.82, 2.24) is 9.13 Å². The number of hydrogen-bond donors (Lipinski definition) is 0. The maximum atomic E-state index is 2.49. The largest absolute Gasteiger partial charge is 0.321 e. The Labute approximate surface area is 143 Å². The molecule has 2 heteroatoms. The molecule has 2 nitrogen and oxygen atoms in total. The first-order valence-electron chi connectivity index (χ1n) is 8.75. The van der Waals surface area contributed by atoms with Crippen LogP contribution >= 0.6 is 0 Å². The van der Waals surface area contributed by atoms with E-state index < -0.39 is 0 Å². The maximum Gasteiger partial charge on any atom is 0.100 e. The second-order valence-electron chi connectivity index (χ2n) is 7.05. The van der Waals surface area contributed by atoms with Crippen molar-refractivity contribution in [2.75, 3.05) is 0 Å². The lowest BCUT2D eigenvalue weighted by Crippen LogP contribution is -2.11. The van der Waals surface area contributed by atoms with E-state index in [-0.39, 0.29) is 0 Å². The van der Waals surface area contributed by atoms with E-state index in [0.717, 1.165) is 6.67 Å². The molecular weight excluding hydrogens is 304 g/mol. The van der Waals surface area contributed by atoms with Crippen molar-refractivity contribution in [3.63, 3.8) is 0 Å². The molecule has 25 heavy (non-hydrogen) atoms. The van der Waals surface area contributed by atoms with Crippen LogP contribution in [0.4, 0.5) is 0 Å². The SMILES string of the molecule is c1ccc2c(c1)c1ccc3ccc4c5ccccc5n5c4c3c1n2C5. The van der Waals surface area contributed by atoms with Gasteiger partial charge in [-0.3, -0.25) is 0 Å². The van der Waals surface area contributed by atoms with Crippen molar-refractivity contribution in [3.8, 4) is 0 Å². The Morgan fingerprint density at radius 2 is 1.04 bits per heavy atom. The van der Waals surface area contributed by atoms with Crippen LogP contribution in [0.25, 0.3) is 54.4 Å². The summed E-state index contributed by atoms with van der Waals surface area (Å²) in [4.78, 5) is 0. The summed E-state index contributed by atoms with van der Waals surface area (Å²) in [6.07, 6.45) is 0. The van der Waals surface area contributed by atoms with Crippen molar-refractivity contribution in [2.45, 2.75) is 6.67 Å². The van der Waals surface area contributed by atoms with Gasteiger partial charge in [0.05, 0.1) is 22.1 Å². The Balaban J connectivity index is 1.90. The fourth-order valence-electron chi connectivity index (χ4n) is 4.93. The third-order valence-corrected chi connectivity index (χ3v) is 5.92. The minimum atomic E-state index is 0.879. The highest BCUT2D eigenvalue weighted by atomic mass is 15.2. The lowest BCUT2D eigenvalue weighted by Gasteiger charge is -2.19. The summed E-state index contributed by atoms with van der Waals surface area (Å²) in [5.41, 5.74) is 5.43. The molecule has 0 bridgehead atoms. The summed E-state index contributed by atoms with van der Waals surface area (Å²) < 4.78 is 4.98. The molecule has 0 amide bonds. The third kappa shape index (κ3) is 1.24. The van der Waals surface area contributed by atoms with Gasteiger partial charge in [-0.15, -0.1) is 0 Å². The molecule has 2 aromatic heterocycles. The van der Waals surface area contributed by atoms with Crippen molar-refractivity contribution < 1.29 is 0 Å². The van der Waals surface area contributed by atoms with Gasteiger partial charge >= 0.3 is 0 Å². The summed E-state index contributed by atoms with van der Waals surface area (Å²) in [7, 11) is 0. The molecule has 1 aliphatic heterocycles. The van der Waals surface area contributed by atoms with Crippen LogP contribution in [0.5, 0.6) is 0 Å². The van der Waals surface area contributed by atoms with Crippen LogP contribution in [0.2, 0.25) is 0 Å². The highest BCUT2D eigenvalue weighted by Gasteiger charge is 2.23. The molecule has 0 atom stereocenters. The summed E-state index contributed by atoms with van der Waals surface area (Å²) in [6.45, 7) is 0.879. The minimum absolute atomic E-state index is 0.879. The topological polar surface area (TPSA) is 9.86 Å². The molecule has 0 saturated carbocycles. The number of aromatic nitrogens is 2. The van der Waals surface area contributed by atoms with Gasteiger partial charge in [0.15, 0.2) is 0 Å². The number of benzene rings is 4. The zero-order chi connectivity index (χ0) is 16.1. The molecule has 0 fully saturated rings. The van der Waals surface area contributed by atoms with Crippen LogP contribution in [0, 0.1) is 0 Å². The summed E-state index contributed by atoms with van der Waals surface area (Å²) in [6, 6.07) is 26.7. The molecule has 0 aliphatic carbocycles. The molecule has 0 radical (unpaired) electrons. The molecule has 6 aromatic rings. The zero-order valence-electron chi connectivity index (χ0n) is 13.5. The number of rotatable bonds is 0. The molecular formula is C23H14N2. The fraction of sp³-hybridized carbons (Fsp3) is 0.0435. The van der Waals surface area contributed by atoms with E-state index in [4.69, 9.17) is 0 Å². The van der Waals surface area contributed by atoms with Crippen LogP contribution in [0.1, 0.15) is 0 Å². The van der Waals surface area contributed by atoms with E-state index in [0.29, 0.717) is 0 Å². The normalized spacial score (nSPS) is 13.4. The van der Waals surface area contributed by atoms with Crippen LogP contribution in [-0.4, -0.2) is 9.13 Å². The van der Waals surface area contributed by atoms with E-state index in [1.54, 1.807) is 0 Å². The molecule has 4 aromatic carbocycles. The van der Waals surface area contributed by atoms with E-state index in [9.17, 15) is 0 Å². The van der Waals surface area contributed by atoms with Gasteiger partial charge in [0.25, 0.3) is 0 Å². The minimum Gasteiger partial charge on any atom is -0.321 e. The van der Waals surface area contributed by atoms with Gasteiger partial charge in [0, 0.05) is 26.9 Å². The van der Waals surface area contributed by atoms with Crippen LogP contribution in [0.15, 0.2) is 72.8 Å². The lowest BCUT2D eigenvalue weighted by atomic mass is 10.0. The average molecular weight is 318 g/mol. The van der Waals surface area contributed by atoms with E-state index in [2.05, 4.69) is 81.9 Å². The highest BCUT2D eigenvalue weighted by molar-refractivity contribution is 6.28. The van der Waals surface area contributed by atoms with Gasteiger partial charge in [-0.05, 0) is 17.5 Å². The molecule has 7 rings (SSSR count). The van der Waals surface area contributed by atoms with Crippen LogP contribution < -0.4 is 0 Å². The van der Waals surface area contributed by atoms with Crippen molar-refractivity contribution >= 4 is 54.4 Å². The van der Waals surface area contributed by atoms with Gasteiger partial charge in [0.2, 0.25) is 0 Å². The fourth-order valence-corrected chi connectivity index (χ4v) is 4.93. The smallest absolute Gasteiger partial charge is 0.100 e. The second-order valence-corrected chi connectivity index (χ2v) is 7.05. The Bertz CT molecular complexity index is 1400. The summed E-state index contributed by atoms with van der Waals surface area (Å²) in [5.74, 6) is 0. The Morgan fingerprint density at radius 1 is 0.520 bits per heavy atom. The maximum absolute atomic E-state index is 2.49. The Kier molecular flexibility index (Phi) is 1.88. The molecule has 1 aliphatic rings. The van der Waals surface area contributed by atoms with Gasteiger partial charge in [-0.25, -0.2) is 0 Å². The summed E-state index contributed by atoms with van der Waals surface area (Å²) in [5, 5.41) is 8.17. The van der Waals surface area contributed by atoms with Crippen molar-refractivity contribution in [1.29, 1.82) is 0 Å². The quantitative estimate of drug-likeness (QED) is 0.331. The predicted octanol–water partition coefficient (Wildman–Crippen LogP) is 5.87. The second kappa shape index (κ2) is 3.86. The van der Waals surface area contributed by atoms with Crippen molar-refractivity contribution in [3.05, 3.63) is 72.8 Å². The lowest BCUT2D eigenvalue weighted by molar-refractivity contribution is 0.678. The highest BCUT2D eigenvalue weighted by Crippen LogP contribution is 2.43. The third-order valence-electron chi connectivity index (χ3n) is 5.92. The molecule has 116 valence electrons.